The van der Waals surface area contributed by atoms with Gasteiger partial charge in [-0.25, -0.2) is 0 Å². The molecule has 0 saturated carbocycles. The lowest BCUT2D eigenvalue weighted by atomic mass is 10.0. The summed E-state index contributed by atoms with van der Waals surface area (Å²) in [6, 6.07) is 7.17. The number of aromatic nitrogens is 3. The van der Waals surface area contributed by atoms with E-state index in [1.54, 1.807) is 32.2 Å². The number of halogens is 5. The first-order valence-corrected chi connectivity index (χ1v) is 10.4. The smallest absolute Gasteiger partial charge is 0.390 e. The van der Waals surface area contributed by atoms with Crippen LogP contribution < -0.4 is 0 Å². The van der Waals surface area contributed by atoms with E-state index in [4.69, 9.17) is 11.6 Å². The molecule has 29 heavy (non-hydrogen) atoms. The topological polar surface area (TPSA) is 53.8 Å². The Labute approximate surface area is 179 Å². The number of alkyl halides is 4. The summed E-state index contributed by atoms with van der Waals surface area (Å²) in [5.41, 5.74) is 0.454. The summed E-state index contributed by atoms with van der Waals surface area (Å²) in [5, 5.41) is 14.7. The average Bonchev–Trinajstić information content (AvgIpc) is 3.22. The van der Waals surface area contributed by atoms with Crippen molar-refractivity contribution in [2.24, 2.45) is 0 Å². The minimum absolute atomic E-state index is 0.0407. The Morgan fingerprint density at radius 3 is 2.45 bits per heavy atom. The molecule has 3 rings (SSSR count). The fourth-order valence-corrected chi connectivity index (χ4v) is 3.99. The summed E-state index contributed by atoms with van der Waals surface area (Å²) in [5.74, 6) is 0. The number of hydrogen-bond donors (Lipinski definition) is 2. The maximum atomic E-state index is 13.9. The molecule has 0 aliphatic heterocycles. The van der Waals surface area contributed by atoms with Gasteiger partial charge in [0, 0.05) is 39.8 Å². The van der Waals surface area contributed by atoms with Crippen LogP contribution in [0.5, 0.6) is 0 Å². The third-order valence-electron chi connectivity index (χ3n) is 4.60. The van der Waals surface area contributed by atoms with Crippen molar-refractivity contribution in [1.82, 2.24) is 14.8 Å². The molecule has 2 heterocycles. The summed E-state index contributed by atoms with van der Waals surface area (Å²) in [4.78, 5) is 2.97. The fraction of sp³-hybridized carbons (Fsp3) is 0.350. The van der Waals surface area contributed by atoms with Crippen LogP contribution in [0, 0.1) is 0 Å². The Hall–Kier alpha value is -1.77. The summed E-state index contributed by atoms with van der Waals surface area (Å²) in [6.07, 6.45) is -1.61. The normalized spacial score (nSPS) is 12.6. The lowest BCUT2D eigenvalue weighted by Gasteiger charge is -2.19. The zero-order valence-electron chi connectivity index (χ0n) is 15.8. The van der Waals surface area contributed by atoms with Crippen molar-refractivity contribution in [3.8, 4) is 22.4 Å². The van der Waals surface area contributed by atoms with Gasteiger partial charge in [0.1, 0.15) is 0 Å². The molecule has 0 radical (unpaired) electrons. The number of hydrogen-bond acceptors (Lipinski definition) is 2. The molecule has 0 aliphatic rings. The molecule has 0 fully saturated rings. The molecule has 0 atom stereocenters. The van der Waals surface area contributed by atoms with E-state index < -0.39 is 17.5 Å². The first-order valence-electron chi connectivity index (χ1n) is 8.90. The highest BCUT2D eigenvalue weighted by atomic mass is 79.9. The minimum Gasteiger partial charge on any atom is -0.390 e. The van der Waals surface area contributed by atoms with Crippen molar-refractivity contribution < 1.29 is 18.3 Å². The van der Waals surface area contributed by atoms with E-state index >= 15 is 0 Å². The number of aromatic amines is 1. The highest BCUT2D eigenvalue weighted by Gasteiger charge is 2.39. The van der Waals surface area contributed by atoms with Gasteiger partial charge in [0.25, 0.3) is 0 Å². The number of rotatable bonds is 6. The number of aliphatic hydroxyl groups is 1. The third kappa shape index (κ3) is 4.70. The standard InChI is InChI=1S/C20H20BrClF3N3O/c1-19(2,29)7-8-28-18(20(23,24)25)15(11-27-28)17-13(9-21)14(10-26-17)12-5-3-4-6-16(12)22/h3-6,10-11,26,29H,7-9H2,1-2H3. The van der Waals surface area contributed by atoms with E-state index in [0.717, 1.165) is 15.8 Å². The van der Waals surface area contributed by atoms with E-state index in [-0.39, 0.29) is 18.5 Å². The van der Waals surface area contributed by atoms with Gasteiger partial charge in [-0.2, -0.15) is 18.3 Å². The monoisotopic (exact) mass is 489 g/mol. The van der Waals surface area contributed by atoms with Crippen LogP contribution >= 0.6 is 27.5 Å². The first kappa shape index (κ1) is 21.9. The lowest BCUT2D eigenvalue weighted by molar-refractivity contribution is -0.144. The van der Waals surface area contributed by atoms with E-state index in [1.807, 2.05) is 12.1 Å². The lowest BCUT2D eigenvalue weighted by Crippen LogP contribution is -2.24. The summed E-state index contributed by atoms with van der Waals surface area (Å²) in [6.45, 7) is 3.04. The van der Waals surface area contributed by atoms with Crippen LogP contribution in [-0.4, -0.2) is 25.5 Å². The van der Waals surface area contributed by atoms with Gasteiger partial charge in [0.15, 0.2) is 5.69 Å². The van der Waals surface area contributed by atoms with Crippen LogP contribution in [0.15, 0.2) is 36.7 Å². The number of benzene rings is 1. The zero-order valence-corrected chi connectivity index (χ0v) is 18.2. The van der Waals surface area contributed by atoms with E-state index in [9.17, 15) is 18.3 Å². The van der Waals surface area contributed by atoms with Crippen LogP contribution in [0.1, 0.15) is 31.5 Å². The van der Waals surface area contributed by atoms with Crippen molar-refractivity contribution in [3.63, 3.8) is 0 Å². The molecule has 0 spiro atoms. The number of nitrogens with one attached hydrogen (secondary N) is 1. The van der Waals surface area contributed by atoms with E-state index in [0.29, 0.717) is 21.6 Å². The Morgan fingerprint density at radius 1 is 1.17 bits per heavy atom. The van der Waals surface area contributed by atoms with Crippen LogP contribution in [0.2, 0.25) is 5.02 Å². The van der Waals surface area contributed by atoms with Gasteiger partial charge in [0.2, 0.25) is 0 Å². The number of aryl methyl sites for hydroxylation is 1. The predicted molar refractivity (Wildman–Crippen MR) is 111 cm³/mol. The summed E-state index contributed by atoms with van der Waals surface area (Å²) >= 11 is 9.68. The Bertz CT molecular complexity index is 1010. The molecule has 1 aromatic carbocycles. The molecular weight excluding hydrogens is 471 g/mol. The molecule has 4 nitrogen and oxygen atoms in total. The second-order valence-electron chi connectivity index (χ2n) is 7.36. The maximum absolute atomic E-state index is 13.9. The molecule has 2 aromatic heterocycles. The second-order valence-corrected chi connectivity index (χ2v) is 8.33. The summed E-state index contributed by atoms with van der Waals surface area (Å²) in [7, 11) is 0. The van der Waals surface area contributed by atoms with Gasteiger partial charge in [0.05, 0.1) is 17.5 Å². The molecule has 0 saturated heterocycles. The molecule has 9 heteroatoms. The third-order valence-corrected chi connectivity index (χ3v) is 5.49. The molecule has 2 N–H and O–H groups in total. The molecule has 0 aliphatic carbocycles. The van der Waals surface area contributed by atoms with Crippen molar-refractivity contribution in [2.75, 3.05) is 0 Å². The Balaban J connectivity index is 2.12. The van der Waals surface area contributed by atoms with Gasteiger partial charge >= 0.3 is 6.18 Å². The first-order chi connectivity index (χ1) is 13.5. The van der Waals surface area contributed by atoms with Gasteiger partial charge in [-0.1, -0.05) is 45.7 Å². The zero-order chi connectivity index (χ0) is 21.4. The average molecular weight is 491 g/mol. The van der Waals surface area contributed by atoms with Crippen molar-refractivity contribution in [3.05, 3.63) is 52.9 Å². The molecule has 3 aromatic rings. The van der Waals surface area contributed by atoms with Gasteiger partial charge in [-0.3, -0.25) is 4.68 Å². The quantitative estimate of drug-likeness (QED) is 0.400. The molecule has 0 unspecified atom stereocenters. The molecule has 156 valence electrons. The van der Waals surface area contributed by atoms with E-state index in [1.165, 1.54) is 6.20 Å². The van der Waals surface area contributed by atoms with Crippen LogP contribution in [-0.2, 0) is 18.1 Å². The molecular formula is C20H20BrClF3N3O. The largest absolute Gasteiger partial charge is 0.433 e. The van der Waals surface area contributed by atoms with Crippen molar-refractivity contribution >= 4 is 27.5 Å². The molecule has 0 amide bonds. The summed E-state index contributed by atoms with van der Waals surface area (Å²) < 4.78 is 42.6. The number of H-pyrrole nitrogens is 1. The Kier molecular flexibility index (Phi) is 6.17. The fourth-order valence-electron chi connectivity index (χ4n) is 3.17. The highest BCUT2D eigenvalue weighted by Crippen LogP contribution is 2.42. The van der Waals surface area contributed by atoms with Gasteiger partial charge < -0.3 is 10.1 Å². The van der Waals surface area contributed by atoms with Crippen LogP contribution in [0.25, 0.3) is 22.4 Å². The van der Waals surface area contributed by atoms with Crippen molar-refractivity contribution in [1.29, 1.82) is 0 Å². The Morgan fingerprint density at radius 2 is 1.86 bits per heavy atom. The van der Waals surface area contributed by atoms with Gasteiger partial charge in [-0.15, -0.1) is 0 Å². The van der Waals surface area contributed by atoms with Crippen LogP contribution in [0.3, 0.4) is 0 Å². The SMILES string of the molecule is CC(C)(O)CCn1ncc(-c2[nH]cc(-c3ccccc3Cl)c2CBr)c1C(F)(F)F. The van der Waals surface area contributed by atoms with Gasteiger partial charge in [-0.05, 0) is 31.9 Å². The minimum atomic E-state index is -4.61. The van der Waals surface area contributed by atoms with E-state index in [2.05, 4.69) is 26.0 Å². The second kappa shape index (κ2) is 8.16. The highest BCUT2D eigenvalue weighted by molar-refractivity contribution is 9.08. The predicted octanol–water partition coefficient (Wildman–Crippen LogP) is 6.27. The molecule has 0 bridgehead atoms. The maximum Gasteiger partial charge on any atom is 0.433 e. The number of nitrogens with zero attached hydrogens (tertiary/aromatic N) is 2. The van der Waals surface area contributed by atoms with Crippen molar-refractivity contribution in [2.45, 2.75) is 43.9 Å². The van der Waals surface area contributed by atoms with Crippen LogP contribution in [0.4, 0.5) is 13.2 Å².